The molecule has 2 aromatic carbocycles. The molecule has 0 aliphatic carbocycles. The first kappa shape index (κ1) is 16.5. The van der Waals surface area contributed by atoms with Gasteiger partial charge in [-0.05, 0) is 27.8 Å². The van der Waals surface area contributed by atoms with E-state index in [0.29, 0.717) is 5.92 Å². The van der Waals surface area contributed by atoms with Crippen molar-refractivity contribution in [3.05, 3.63) is 84.4 Å². The third-order valence-corrected chi connectivity index (χ3v) is 6.03. The normalized spacial score (nSPS) is 14.2. The molecule has 0 aromatic heterocycles. The quantitative estimate of drug-likeness (QED) is 0.345. The van der Waals surface area contributed by atoms with Crippen LogP contribution in [-0.2, 0) is 0 Å². The summed E-state index contributed by atoms with van der Waals surface area (Å²) in [7, 11) is -1.52. The highest BCUT2D eigenvalue weighted by atomic mass is 28.3. The molecule has 0 aliphatic rings. The van der Waals surface area contributed by atoms with Crippen molar-refractivity contribution in [1.29, 1.82) is 0 Å². The second kappa shape index (κ2) is 6.93. The van der Waals surface area contributed by atoms with Gasteiger partial charge in [-0.2, -0.15) is 0 Å². The van der Waals surface area contributed by atoms with E-state index < -0.39 is 8.07 Å². The number of benzene rings is 2. The molecule has 0 aliphatic heterocycles. The van der Waals surface area contributed by atoms with Crippen molar-refractivity contribution in [2.24, 2.45) is 5.92 Å². The Hall–Kier alpha value is -1.86. The molecular formula is C21H26Si. The highest BCUT2D eigenvalue weighted by Gasteiger charge is 2.27. The summed E-state index contributed by atoms with van der Waals surface area (Å²) in [6.45, 7) is 13.6. The summed E-state index contributed by atoms with van der Waals surface area (Å²) >= 11 is 0. The maximum atomic E-state index is 4.05. The van der Waals surface area contributed by atoms with Gasteiger partial charge in [0.05, 0.1) is 8.07 Å². The van der Waals surface area contributed by atoms with Crippen LogP contribution < -0.4 is 0 Å². The third kappa shape index (κ3) is 3.66. The lowest BCUT2D eigenvalue weighted by Crippen LogP contribution is -2.25. The summed E-state index contributed by atoms with van der Waals surface area (Å²) in [5.74, 6) is 0.337. The summed E-state index contributed by atoms with van der Waals surface area (Å²) < 4.78 is 0. The molecule has 1 unspecified atom stereocenters. The predicted octanol–water partition coefficient (Wildman–Crippen LogP) is 6.30. The maximum Gasteiger partial charge on any atom is 0.0788 e. The van der Waals surface area contributed by atoms with Crippen LogP contribution in [0.15, 0.2) is 73.3 Å². The van der Waals surface area contributed by atoms with E-state index in [1.165, 1.54) is 21.9 Å². The van der Waals surface area contributed by atoms with E-state index in [-0.39, 0.29) is 0 Å². The first-order chi connectivity index (χ1) is 10.4. The van der Waals surface area contributed by atoms with Gasteiger partial charge in [0.25, 0.3) is 0 Å². The van der Waals surface area contributed by atoms with E-state index >= 15 is 0 Å². The molecule has 0 amide bonds. The van der Waals surface area contributed by atoms with Crippen LogP contribution in [0.25, 0.3) is 10.8 Å². The van der Waals surface area contributed by atoms with Crippen LogP contribution >= 0.6 is 0 Å². The van der Waals surface area contributed by atoms with Gasteiger partial charge in [0, 0.05) is 0 Å². The summed E-state index contributed by atoms with van der Waals surface area (Å²) in [6, 6.07) is 21.6. The van der Waals surface area contributed by atoms with Crippen molar-refractivity contribution < 1.29 is 0 Å². The molecular weight excluding hydrogens is 280 g/mol. The summed E-state index contributed by atoms with van der Waals surface area (Å²) in [5.41, 5.74) is 4.10. The van der Waals surface area contributed by atoms with Crippen LogP contribution in [-0.4, -0.2) is 8.07 Å². The maximum absolute atomic E-state index is 4.05. The van der Waals surface area contributed by atoms with E-state index in [1.807, 2.05) is 0 Å². The molecule has 0 fully saturated rings. The van der Waals surface area contributed by atoms with Crippen LogP contribution in [0.3, 0.4) is 0 Å². The van der Waals surface area contributed by atoms with E-state index in [9.17, 15) is 0 Å². The van der Waals surface area contributed by atoms with Gasteiger partial charge in [0.15, 0.2) is 0 Å². The molecule has 0 N–H and O–H groups in total. The van der Waals surface area contributed by atoms with Crippen molar-refractivity contribution in [1.82, 2.24) is 0 Å². The van der Waals surface area contributed by atoms with E-state index in [1.54, 1.807) is 0 Å². The van der Waals surface area contributed by atoms with E-state index in [0.717, 1.165) is 0 Å². The smallest absolute Gasteiger partial charge is 0.0788 e. The lowest BCUT2D eigenvalue weighted by atomic mass is 9.91. The van der Waals surface area contributed by atoms with E-state index in [2.05, 4.69) is 99.9 Å². The predicted molar refractivity (Wildman–Crippen MR) is 102 cm³/mol. The van der Waals surface area contributed by atoms with Crippen molar-refractivity contribution in [2.45, 2.75) is 26.6 Å². The third-order valence-electron chi connectivity index (χ3n) is 3.98. The Morgan fingerprint density at radius 1 is 0.864 bits per heavy atom. The fraction of sp³-hybridized carbons (Fsp3) is 0.238. The van der Waals surface area contributed by atoms with Crippen molar-refractivity contribution in [3.63, 3.8) is 0 Å². The highest BCUT2D eigenvalue weighted by molar-refractivity contribution is 6.95. The van der Waals surface area contributed by atoms with Gasteiger partial charge in [-0.3, -0.25) is 0 Å². The lowest BCUT2D eigenvalue weighted by Gasteiger charge is -2.28. The Bertz CT molecular complexity index is 645. The molecule has 114 valence electrons. The van der Waals surface area contributed by atoms with Crippen LogP contribution in [0.2, 0.25) is 19.6 Å². The number of allylic oxidation sites excluding steroid dienone is 2. The summed E-state index contributed by atoms with van der Waals surface area (Å²) in [5, 5.41) is 1.53. The largest absolute Gasteiger partial charge is 0.102 e. The Kier molecular flexibility index (Phi) is 5.20. The van der Waals surface area contributed by atoms with Crippen LogP contribution in [0.1, 0.15) is 18.1 Å². The van der Waals surface area contributed by atoms with Gasteiger partial charge in [-0.15, -0.1) is 6.58 Å². The number of hydrogen-bond acceptors (Lipinski definition) is 0. The average Bonchev–Trinajstić information content (AvgIpc) is 2.52. The number of rotatable bonds is 5. The zero-order chi connectivity index (χ0) is 16.2. The molecule has 0 saturated carbocycles. The number of hydrogen-bond donors (Lipinski definition) is 0. The first-order valence-corrected chi connectivity index (χ1v) is 11.4. The van der Waals surface area contributed by atoms with Gasteiger partial charge >= 0.3 is 0 Å². The molecule has 0 radical (unpaired) electrons. The Labute approximate surface area is 136 Å². The van der Waals surface area contributed by atoms with Crippen molar-refractivity contribution in [2.75, 3.05) is 0 Å². The molecule has 0 heterocycles. The van der Waals surface area contributed by atoms with Gasteiger partial charge in [-0.1, -0.05) is 93.3 Å². The molecule has 0 bridgehead atoms. The summed E-state index contributed by atoms with van der Waals surface area (Å²) in [4.78, 5) is 0. The molecule has 1 atom stereocenters. The van der Waals surface area contributed by atoms with Gasteiger partial charge in [-0.25, -0.2) is 0 Å². The molecule has 0 spiro atoms. The minimum atomic E-state index is -1.52. The summed E-state index contributed by atoms with van der Waals surface area (Å²) in [6.07, 6.45) is 2.06. The fourth-order valence-electron chi connectivity index (χ4n) is 2.97. The SMILES string of the molecule is C=CC(C)C(=C(c1ccccc1)[Si](C)(C)C)c1ccccc1. The topological polar surface area (TPSA) is 0 Å². The fourth-order valence-corrected chi connectivity index (χ4v) is 5.18. The van der Waals surface area contributed by atoms with Crippen LogP contribution in [0, 0.1) is 5.92 Å². The Morgan fingerprint density at radius 2 is 1.32 bits per heavy atom. The lowest BCUT2D eigenvalue weighted by molar-refractivity contribution is 0.971. The standard InChI is InChI=1S/C21H26Si/c1-6-17(2)20(18-13-9-7-10-14-18)21(22(3,4)5)19-15-11-8-12-16-19/h6-17H,1H2,2-5H3. The van der Waals surface area contributed by atoms with Gasteiger partial charge < -0.3 is 0 Å². The minimum Gasteiger partial charge on any atom is -0.102 e. The average molecular weight is 307 g/mol. The molecule has 0 nitrogen and oxygen atoms in total. The minimum absolute atomic E-state index is 0.337. The molecule has 1 heteroatoms. The first-order valence-electron chi connectivity index (χ1n) is 7.93. The van der Waals surface area contributed by atoms with Crippen molar-refractivity contribution in [3.8, 4) is 0 Å². The van der Waals surface area contributed by atoms with E-state index in [4.69, 9.17) is 0 Å². The molecule has 2 aromatic rings. The molecule has 2 rings (SSSR count). The van der Waals surface area contributed by atoms with Crippen LogP contribution in [0.4, 0.5) is 0 Å². The van der Waals surface area contributed by atoms with Gasteiger partial charge in [0.1, 0.15) is 0 Å². The monoisotopic (exact) mass is 306 g/mol. The van der Waals surface area contributed by atoms with Gasteiger partial charge in [0.2, 0.25) is 0 Å². The zero-order valence-corrected chi connectivity index (χ0v) is 15.1. The van der Waals surface area contributed by atoms with Crippen molar-refractivity contribution >= 4 is 18.8 Å². The second-order valence-electron chi connectivity index (χ2n) is 6.80. The molecule has 0 saturated heterocycles. The van der Waals surface area contributed by atoms with Crippen LogP contribution in [0.5, 0.6) is 0 Å². The molecule has 22 heavy (non-hydrogen) atoms. The Balaban J connectivity index is 2.80. The second-order valence-corrected chi connectivity index (χ2v) is 11.8. The zero-order valence-electron chi connectivity index (χ0n) is 14.1. The highest BCUT2D eigenvalue weighted by Crippen LogP contribution is 2.38. The Morgan fingerprint density at radius 3 is 1.73 bits per heavy atom.